The van der Waals surface area contributed by atoms with Crippen molar-refractivity contribution in [2.24, 2.45) is 4.99 Å². The second-order valence-corrected chi connectivity index (χ2v) is 2.03. The van der Waals surface area contributed by atoms with Crippen LogP contribution in [0.25, 0.3) is 0 Å². The van der Waals surface area contributed by atoms with E-state index >= 15 is 0 Å². The SMILES string of the molecule is CN=Cc1cccc(F)c1F. The second-order valence-electron chi connectivity index (χ2n) is 2.03. The largest absolute Gasteiger partial charge is 0.296 e. The number of hydrogen-bond donors (Lipinski definition) is 0. The van der Waals surface area contributed by atoms with Crippen molar-refractivity contribution in [3.8, 4) is 0 Å². The van der Waals surface area contributed by atoms with Crippen LogP contribution in [0.4, 0.5) is 8.78 Å². The molecule has 1 aromatic carbocycles. The van der Waals surface area contributed by atoms with Crippen LogP contribution in [-0.2, 0) is 0 Å². The Balaban J connectivity index is 3.16. The second kappa shape index (κ2) is 3.23. The number of benzene rings is 1. The summed E-state index contributed by atoms with van der Waals surface area (Å²) in [4.78, 5) is 3.58. The van der Waals surface area contributed by atoms with E-state index in [1.165, 1.54) is 25.4 Å². The highest BCUT2D eigenvalue weighted by Gasteiger charge is 2.03. The van der Waals surface area contributed by atoms with Gasteiger partial charge in [0.1, 0.15) is 0 Å². The number of nitrogens with zero attached hydrogens (tertiary/aromatic N) is 1. The maximum atomic E-state index is 12.7. The van der Waals surface area contributed by atoms with Crippen molar-refractivity contribution in [3.63, 3.8) is 0 Å². The number of aliphatic imine (C=N–C) groups is 1. The van der Waals surface area contributed by atoms with Crippen LogP contribution in [0.3, 0.4) is 0 Å². The molecule has 0 fully saturated rings. The van der Waals surface area contributed by atoms with E-state index in [9.17, 15) is 8.78 Å². The molecular weight excluding hydrogens is 148 g/mol. The third-order valence-corrected chi connectivity index (χ3v) is 1.25. The molecule has 1 rings (SSSR count). The normalized spacial score (nSPS) is 10.8. The van der Waals surface area contributed by atoms with Gasteiger partial charge in [0.15, 0.2) is 11.6 Å². The highest BCUT2D eigenvalue weighted by atomic mass is 19.2. The average Bonchev–Trinajstić information content (AvgIpc) is 1.99. The van der Waals surface area contributed by atoms with Crippen LogP contribution in [0, 0.1) is 11.6 Å². The van der Waals surface area contributed by atoms with E-state index in [1.807, 2.05) is 0 Å². The molecule has 0 saturated carbocycles. The molecule has 1 aromatic rings. The Kier molecular flexibility index (Phi) is 2.31. The van der Waals surface area contributed by atoms with Gasteiger partial charge in [-0.05, 0) is 6.07 Å². The van der Waals surface area contributed by atoms with Crippen LogP contribution in [-0.4, -0.2) is 13.3 Å². The van der Waals surface area contributed by atoms with Gasteiger partial charge in [0.25, 0.3) is 0 Å². The quantitative estimate of drug-likeness (QED) is 0.550. The maximum Gasteiger partial charge on any atom is 0.167 e. The molecule has 0 radical (unpaired) electrons. The summed E-state index contributed by atoms with van der Waals surface area (Å²) < 4.78 is 25.2. The lowest BCUT2D eigenvalue weighted by molar-refractivity contribution is 0.507. The first-order valence-corrected chi connectivity index (χ1v) is 3.12. The molecule has 0 amide bonds. The molecule has 0 N–H and O–H groups in total. The molecule has 0 bridgehead atoms. The minimum atomic E-state index is -0.849. The molecule has 11 heavy (non-hydrogen) atoms. The van der Waals surface area contributed by atoms with E-state index in [2.05, 4.69) is 4.99 Å². The van der Waals surface area contributed by atoms with Gasteiger partial charge in [0.05, 0.1) is 0 Å². The summed E-state index contributed by atoms with van der Waals surface area (Å²) in [5.74, 6) is -1.69. The monoisotopic (exact) mass is 155 g/mol. The van der Waals surface area contributed by atoms with Crippen LogP contribution < -0.4 is 0 Å². The predicted octanol–water partition coefficient (Wildman–Crippen LogP) is 2.01. The van der Waals surface area contributed by atoms with Crippen LogP contribution in [0.2, 0.25) is 0 Å². The van der Waals surface area contributed by atoms with Crippen molar-refractivity contribution in [2.75, 3.05) is 7.05 Å². The van der Waals surface area contributed by atoms with Crippen molar-refractivity contribution in [3.05, 3.63) is 35.4 Å². The Labute approximate surface area is 63.4 Å². The molecule has 0 atom stereocenters. The fourth-order valence-corrected chi connectivity index (χ4v) is 0.759. The first-order chi connectivity index (χ1) is 5.25. The van der Waals surface area contributed by atoms with E-state index in [0.29, 0.717) is 0 Å². The molecule has 0 aliphatic heterocycles. The van der Waals surface area contributed by atoms with Crippen LogP contribution in [0.5, 0.6) is 0 Å². The third-order valence-electron chi connectivity index (χ3n) is 1.25. The molecule has 1 nitrogen and oxygen atoms in total. The lowest BCUT2D eigenvalue weighted by Crippen LogP contribution is -1.91. The zero-order valence-corrected chi connectivity index (χ0v) is 6.01. The third kappa shape index (κ3) is 1.61. The molecule has 0 saturated heterocycles. The van der Waals surface area contributed by atoms with Gasteiger partial charge in [0.2, 0.25) is 0 Å². The molecule has 0 aliphatic rings. The van der Waals surface area contributed by atoms with Crippen molar-refractivity contribution in [2.45, 2.75) is 0 Å². The van der Waals surface area contributed by atoms with Gasteiger partial charge < -0.3 is 0 Å². The lowest BCUT2D eigenvalue weighted by atomic mass is 10.2. The van der Waals surface area contributed by atoms with Gasteiger partial charge in [-0.2, -0.15) is 0 Å². The Morgan fingerprint density at radius 3 is 2.73 bits per heavy atom. The topological polar surface area (TPSA) is 12.4 Å². The van der Waals surface area contributed by atoms with Gasteiger partial charge >= 0.3 is 0 Å². The first-order valence-electron chi connectivity index (χ1n) is 3.12. The van der Waals surface area contributed by atoms with E-state index in [1.54, 1.807) is 0 Å². The molecule has 0 unspecified atom stereocenters. The van der Waals surface area contributed by atoms with Crippen LogP contribution >= 0.6 is 0 Å². The van der Waals surface area contributed by atoms with E-state index in [4.69, 9.17) is 0 Å². The zero-order chi connectivity index (χ0) is 8.27. The minimum absolute atomic E-state index is 0.174. The molecule has 0 aliphatic carbocycles. The highest BCUT2D eigenvalue weighted by molar-refractivity contribution is 5.79. The summed E-state index contributed by atoms with van der Waals surface area (Å²) in [5, 5.41) is 0. The summed E-state index contributed by atoms with van der Waals surface area (Å²) in [5.41, 5.74) is 0.174. The van der Waals surface area contributed by atoms with E-state index < -0.39 is 11.6 Å². The molecule has 3 heteroatoms. The Morgan fingerprint density at radius 2 is 2.09 bits per heavy atom. The van der Waals surface area contributed by atoms with Gasteiger partial charge in [-0.15, -0.1) is 0 Å². The zero-order valence-electron chi connectivity index (χ0n) is 6.01. The summed E-state index contributed by atoms with van der Waals surface area (Å²) in [6.45, 7) is 0. The number of halogens is 2. The fourth-order valence-electron chi connectivity index (χ4n) is 0.759. The van der Waals surface area contributed by atoms with Crippen molar-refractivity contribution < 1.29 is 8.78 Å². The van der Waals surface area contributed by atoms with E-state index in [0.717, 1.165) is 6.07 Å². The van der Waals surface area contributed by atoms with Gasteiger partial charge in [-0.25, -0.2) is 8.78 Å². The Morgan fingerprint density at radius 1 is 1.36 bits per heavy atom. The summed E-state index contributed by atoms with van der Waals surface area (Å²) in [6, 6.07) is 3.98. The van der Waals surface area contributed by atoms with Crippen molar-refractivity contribution in [1.82, 2.24) is 0 Å². The first kappa shape index (κ1) is 7.85. The van der Waals surface area contributed by atoms with Crippen molar-refractivity contribution in [1.29, 1.82) is 0 Å². The van der Waals surface area contributed by atoms with E-state index in [-0.39, 0.29) is 5.56 Å². The van der Waals surface area contributed by atoms with Gasteiger partial charge in [0, 0.05) is 18.8 Å². The maximum absolute atomic E-state index is 12.7. The fraction of sp³-hybridized carbons (Fsp3) is 0.125. The van der Waals surface area contributed by atoms with Crippen LogP contribution in [0.15, 0.2) is 23.2 Å². The molecule has 0 aromatic heterocycles. The van der Waals surface area contributed by atoms with Gasteiger partial charge in [-0.3, -0.25) is 4.99 Å². The van der Waals surface area contributed by atoms with Crippen LogP contribution in [0.1, 0.15) is 5.56 Å². The standard InChI is InChI=1S/C8H7F2N/c1-11-5-6-3-2-4-7(9)8(6)10/h2-5H,1H3. The molecular formula is C8H7F2N. The average molecular weight is 155 g/mol. The van der Waals surface area contributed by atoms with Gasteiger partial charge in [-0.1, -0.05) is 12.1 Å². The van der Waals surface area contributed by atoms with Crippen molar-refractivity contribution >= 4 is 6.21 Å². The summed E-state index contributed by atoms with van der Waals surface area (Å²) in [7, 11) is 1.50. The summed E-state index contributed by atoms with van der Waals surface area (Å²) >= 11 is 0. The smallest absolute Gasteiger partial charge is 0.167 e. The molecule has 58 valence electrons. The highest BCUT2D eigenvalue weighted by Crippen LogP contribution is 2.08. The molecule has 0 spiro atoms. The number of hydrogen-bond acceptors (Lipinski definition) is 1. The minimum Gasteiger partial charge on any atom is -0.296 e. The number of rotatable bonds is 1. The molecule has 0 heterocycles. The Hall–Kier alpha value is -1.25. The predicted molar refractivity (Wildman–Crippen MR) is 39.9 cm³/mol. The lowest BCUT2D eigenvalue weighted by Gasteiger charge is -1.95. The Bertz CT molecular complexity index is 281. The summed E-state index contributed by atoms with van der Waals surface area (Å²) in [6.07, 6.45) is 1.28.